The first kappa shape index (κ1) is 20.0. The summed E-state index contributed by atoms with van der Waals surface area (Å²) in [5.74, 6) is 2.29. The van der Waals surface area contributed by atoms with Gasteiger partial charge in [-0.05, 0) is 43.5 Å². The Morgan fingerprint density at radius 3 is 2.70 bits per heavy atom. The molecule has 1 fully saturated rings. The summed E-state index contributed by atoms with van der Waals surface area (Å²) in [6, 6.07) is 13.5. The van der Waals surface area contributed by atoms with Crippen LogP contribution in [-0.4, -0.2) is 30.1 Å². The Labute approximate surface area is 186 Å². The minimum Gasteiger partial charge on any atom is -0.497 e. The van der Waals surface area contributed by atoms with Gasteiger partial charge in [0.05, 0.1) is 14.2 Å². The number of benzene rings is 2. The summed E-state index contributed by atoms with van der Waals surface area (Å²) >= 11 is 4.07. The molecule has 3 atom stereocenters. The molecule has 0 radical (unpaired) electrons. The highest BCUT2D eigenvalue weighted by molar-refractivity contribution is 9.09. The number of aromatic amines is 1. The quantitative estimate of drug-likeness (QED) is 0.354. The van der Waals surface area contributed by atoms with Crippen LogP contribution in [0.5, 0.6) is 11.5 Å². The van der Waals surface area contributed by atoms with E-state index in [1.807, 2.05) is 12.1 Å². The van der Waals surface area contributed by atoms with E-state index in [1.165, 1.54) is 53.4 Å². The molecular weight excluding hydrogens is 440 g/mol. The van der Waals surface area contributed by atoms with Crippen LogP contribution in [0.4, 0.5) is 0 Å². The third-order valence-corrected chi connectivity index (χ3v) is 7.91. The van der Waals surface area contributed by atoms with Crippen molar-refractivity contribution in [2.45, 2.75) is 56.1 Å². The third kappa shape index (κ3) is 3.23. The summed E-state index contributed by atoms with van der Waals surface area (Å²) in [5, 5.41) is 1.41. The molecule has 1 N–H and O–H groups in total. The number of aromatic nitrogens is 1. The van der Waals surface area contributed by atoms with Crippen LogP contribution in [0, 0.1) is 6.92 Å². The monoisotopic (exact) mass is 468 g/mol. The van der Waals surface area contributed by atoms with Gasteiger partial charge in [0.15, 0.2) is 0 Å². The topological polar surface area (TPSA) is 37.5 Å². The molecule has 2 aliphatic rings. The van der Waals surface area contributed by atoms with Crippen molar-refractivity contribution in [1.29, 1.82) is 0 Å². The van der Waals surface area contributed by atoms with Crippen molar-refractivity contribution in [1.82, 2.24) is 9.88 Å². The molecule has 5 rings (SSSR count). The van der Waals surface area contributed by atoms with Gasteiger partial charge in [0, 0.05) is 46.7 Å². The smallest absolute Gasteiger partial charge is 0.127 e. The fourth-order valence-electron chi connectivity index (χ4n) is 5.49. The number of aryl methyl sites for hydroxylation is 1. The van der Waals surface area contributed by atoms with Crippen molar-refractivity contribution >= 4 is 26.8 Å². The Balaban J connectivity index is 1.58. The van der Waals surface area contributed by atoms with E-state index in [2.05, 4.69) is 57.0 Å². The molecule has 2 heterocycles. The van der Waals surface area contributed by atoms with E-state index in [0.29, 0.717) is 12.0 Å². The van der Waals surface area contributed by atoms with Gasteiger partial charge in [-0.3, -0.25) is 4.90 Å². The average Bonchev–Trinajstić information content (AvgIpc) is 3.15. The summed E-state index contributed by atoms with van der Waals surface area (Å²) in [4.78, 5) is 6.53. The van der Waals surface area contributed by atoms with E-state index in [4.69, 9.17) is 9.47 Å². The van der Waals surface area contributed by atoms with E-state index in [-0.39, 0.29) is 4.95 Å². The van der Waals surface area contributed by atoms with Crippen molar-refractivity contribution in [3.05, 3.63) is 58.8 Å². The number of nitrogens with zero attached hydrogens (tertiary/aromatic N) is 1. The first-order chi connectivity index (χ1) is 14.6. The van der Waals surface area contributed by atoms with Crippen LogP contribution >= 0.6 is 15.9 Å². The van der Waals surface area contributed by atoms with Crippen LogP contribution in [-0.2, 0) is 6.54 Å². The summed E-state index contributed by atoms with van der Waals surface area (Å²) in [7, 11) is 3.43. The molecule has 1 aliphatic heterocycles. The molecule has 0 spiro atoms. The number of alkyl halides is 1. The summed E-state index contributed by atoms with van der Waals surface area (Å²) in [6.07, 6.45) is 5.11. The van der Waals surface area contributed by atoms with Gasteiger partial charge in [-0.15, -0.1) is 0 Å². The van der Waals surface area contributed by atoms with Gasteiger partial charge in [0.1, 0.15) is 16.5 Å². The van der Waals surface area contributed by atoms with Gasteiger partial charge in [-0.1, -0.05) is 46.5 Å². The summed E-state index contributed by atoms with van der Waals surface area (Å²) < 4.78 is 11.1. The Hall–Kier alpha value is -1.98. The molecule has 4 nitrogen and oxygen atoms in total. The Kier molecular flexibility index (Phi) is 5.28. The zero-order chi connectivity index (χ0) is 20.8. The lowest BCUT2D eigenvalue weighted by molar-refractivity contribution is 0.101. The first-order valence-electron chi connectivity index (χ1n) is 10.8. The fraction of sp³-hybridized carbons (Fsp3) is 0.440. The highest BCUT2D eigenvalue weighted by atomic mass is 79.9. The molecule has 0 bridgehead atoms. The van der Waals surface area contributed by atoms with E-state index in [1.54, 1.807) is 19.8 Å². The zero-order valence-corrected chi connectivity index (χ0v) is 19.5. The number of nitrogens with one attached hydrogen (secondary N) is 1. The maximum Gasteiger partial charge on any atom is 0.127 e. The molecule has 158 valence electrons. The lowest BCUT2D eigenvalue weighted by atomic mass is 9.75. The lowest BCUT2D eigenvalue weighted by Gasteiger charge is -2.47. The van der Waals surface area contributed by atoms with E-state index in [0.717, 1.165) is 18.0 Å². The van der Waals surface area contributed by atoms with Crippen LogP contribution in [0.15, 0.2) is 36.4 Å². The molecule has 1 aromatic heterocycles. The number of hydrogen-bond acceptors (Lipinski definition) is 3. The first-order valence-corrected chi connectivity index (χ1v) is 11.7. The maximum absolute atomic E-state index is 5.70. The number of H-pyrrole nitrogens is 1. The minimum absolute atomic E-state index is 0.159. The molecule has 3 unspecified atom stereocenters. The summed E-state index contributed by atoms with van der Waals surface area (Å²) in [5.41, 5.74) is 6.64. The molecule has 3 aromatic rings. The predicted molar refractivity (Wildman–Crippen MR) is 125 cm³/mol. The van der Waals surface area contributed by atoms with E-state index >= 15 is 0 Å². The normalized spacial score (nSPS) is 23.8. The van der Waals surface area contributed by atoms with Gasteiger partial charge in [-0.25, -0.2) is 0 Å². The second-order valence-electron chi connectivity index (χ2n) is 8.65. The second kappa shape index (κ2) is 7.93. The van der Waals surface area contributed by atoms with Crippen LogP contribution < -0.4 is 9.47 Å². The van der Waals surface area contributed by atoms with Crippen LogP contribution in [0.1, 0.15) is 58.9 Å². The molecule has 2 aromatic carbocycles. The highest BCUT2D eigenvalue weighted by Crippen LogP contribution is 2.51. The number of ether oxygens (including phenoxy) is 2. The van der Waals surface area contributed by atoms with Crippen LogP contribution in [0.25, 0.3) is 10.9 Å². The maximum atomic E-state index is 5.70. The molecule has 1 saturated carbocycles. The summed E-state index contributed by atoms with van der Waals surface area (Å²) in [6.45, 7) is 3.03. The zero-order valence-electron chi connectivity index (χ0n) is 17.9. The van der Waals surface area contributed by atoms with Gasteiger partial charge in [0.2, 0.25) is 0 Å². The molecule has 1 aliphatic carbocycles. The molecule has 0 saturated heterocycles. The predicted octanol–water partition coefficient (Wildman–Crippen LogP) is 6.43. The minimum atomic E-state index is 0.159. The second-order valence-corrected chi connectivity index (χ2v) is 9.51. The fourth-order valence-corrected chi connectivity index (χ4v) is 6.30. The third-order valence-electron chi connectivity index (χ3n) is 6.93. The van der Waals surface area contributed by atoms with Gasteiger partial charge >= 0.3 is 0 Å². The number of fused-ring (bicyclic) bond motifs is 5. The molecule has 5 heteroatoms. The van der Waals surface area contributed by atoms with E-state index < -0.39 is 0 Å². The standard InChI is InChI=1S/C25H29BrN2O2/c1-15-8-11-20-19(12-15)23-18-6-4-5-7-21(18)28(25(26)24(23)27-20)14-16-9-10-17(29-2)13-22(16)30-3/h8-13,18,21,25,27H,4-7,14H2,1-3H3. The highest BCUT2D eigenvalue weighted by Gasteiger charge is 2.43. The van der Waals surface area contributed by atoms with Crippen LogP contribution in [0.2, 0.25) is 0 Å². The largest absolute Gasteiger partial charge is 0.497 e. The lowest BCUT2D eigenvalue weighted by Crippen LogP contribution is -2.45. The van der Waals surface area contributed by atoms with E-state index in [9.17, 15) is 0 Å². The van der Waals surface area contributed by atoms with Crippen molar-refractivity contribution in [2.75, 3.05) is 14.2 Å². The number of hydrogen-bond donors (Lipinski definition) is 1. The SMILES string of the molecule is COc1ccc(CN2C(Br)c3[nH]c4ccc(C)cc4c3C3CCCCC32)c(OC)c1. The number of rotatable bonds is 4. The number of halogens is 1. The van der Waals surface area contributed by atoms with Crippen molar-refractivity contribution in [2.24, 2.45) is 0 Å². The Morgan fingerprint density at radius 2 is 1.90 bits per heavy atom. The molecule has 0 amide bonds. The average molecular weight is 469 g/mol. The Morgan fingerprint density at radius 1 is 1.07 bits per heavy atom. The van der Waals surface area contributed by atoms with Crippen molar-refractivity contribution in [3.8, 4) is 11.5 Å². The van der Waals surface area contributed by atoms with Gasteiger partial charge < -0.3 is 14.5 Å². The van der Waals surface area contributed by atoms with Gasteiger partial charge in [-0.2, -0.15) is 0 Å². The van der Waals surface area contributed by atoms with Crippen LogP contribution in [0.3, 0.4) is 0 Å². The van der Waals surface area contributed by atoms with Gasteiger partial charge in [0.25, 0.3) is 0 Å². The molecular formula is C25H29BrN2O2. The number of methoxy groups -OCH3 is 2. The van der Waals surface area contributed by atoms with Crippen molar-refractivity contribution < 1.29 is 9.47 Å². The molecule has 30 heavy (non-hydrogen) atoms. The van der Waals surface area contributed by atoms with Crippen molar-refractivity contribution in [3.63, 3.8) is 0 Å². The Bertz CT molecular complexity index is 1080.